The standard InChI is InChI=1S/C13H20O6/c1-5-6-18-10(14)7-9(12(16)17)8-11(15)19-13(2,3)4/h5,9H,1,6-8H2,2-4H3,(H,16,17)/t9-/m0/s1. The van der Waals surface area contributed by atoms with Crippen LogP contribution in [0.2, 0.25) is 0 Å². The molecule has 0 aliphatic heterocycles. The molecule has 19 heavy (non-hydrogen) atoms. The van der Waals surface area contributed by atoms with Gasteiger partial charge in [0.2, 0.25) is 0 Å². The number of carbonyl (C=O) groups excluding carboxylic acids is 2. The molecule has 0 amide bonds. The number of carboxylic acids is 1. The van der Waals surface area contributed by atoms with Gasteiger partial charge in [-0.2, -0.15) is 0 Å². The summed E-state index contributed by atoms with van der Waals surface area (Å²) in [5.41, 5.74) is -0.691. The van der Waals surface area contributed by atoms with Crippen molar-refractivity contribution in [3.63, 3.8) is 0 Å². The van der Waals surface area contributed by atoms with Gasteiger partial charge in [-0.1, -0.05) is 12.7 Å². The Morgan fingerprint density at radius 1 is 1.21 bits per heavy atom. The molecule has 0 aliphatic rings. The summed E-state index contributed by atoms with van der Waals surface area (Å²) >= 11 is 0. The van der Waals surface area contributed by atoms with E-state index in [4.69, 9.17) is 9.84 Å². The maximum Gasteiger partial charge on any atom is 0.307 e. The van der Waals surface area contributed by atoms with Gasteiger partial charge in [0, 0.05) is 0 Å². The molecule has 0 aromatic heterocycles. The SMILES string of the molecule is C=CCOC(=O)C[C@@H](CC(=O)OC(C)(C)C)C(=O)O. The minimum atomic E-state index is -1.23. The van der Waals surface area contributed by atoms with Gasteiger partial charge in [0.1, 0.15) is 12.2 Å². The van der Waals surface area contributed by atoms with Gasteiger partial charge in [-0.25, -0.2) is 0 Å². The lowest BCUT2D eigenvalue weighted by molar-refractivity contribution is -0.161. The van der Waals surface area contributed by atoms with E-state index in [2.05, 4.69) is 11.3 Å². The van der Waals surface area contributed by atoms with Crippen molar-refractivity contribution < 1.29 is 29.0 Å². The number of carbonyl (C=O) groups is 3. The predicted octanol–water partition coefficient (Wildman–Crippen LogP) is 1.54. The number of rotatable bonds is 7. The highest BCUT2D eigenvalue weighted by atomic mass is 16.6. The molecule has 6 nitrogen and oxygen atoms in total. The molecule has 0 bridgehead atoms. The molecule has 6 heteroatoms. The Kier molecular flexibility index (Phi) is 6.82. The highest BCUT2D eigenvalue weighted by Gasteiger charge is 2.27. The van der Waals surface area contributed by atoms with E-state index >= 15 is 0 Å². The van der Waals surface area contributed by atoms with Crippen LogP contribution in [-0.2, 0) is 23.9 Å². The van der Waals surface area contributed by atoms with Crippen LogP contribution in [0.1, 0.15) is 33.6 Å². The maximum absolute atomic E-state index is 11.5. The maximum atomic E-state index is 11.5. The van der Waals surface area contributed by atoms with E-state index in [0.717, 1.165) is 0 Å². The minimum absolute atomic E-state index is 0.0115. The van der Waals surface area contributed by atoms with Gasteiger partial charge in [0.25, 0.3) is 0 Å². The summed E-state index contributed by atoms with van der Waals surface area (Å²) < 4.78 is 9.69. The van der Waals surface area contributed by atoms with Gasteiger partial charge in [-0.05, 0) is 20.8 Å². The van der Waals surface area contributed by atoms with Crippen molar-refractivity contribution in [2.45, 2.75) is 39.2 Å². The zero-order valence-electron chi connectivity index (χ0n) is 11.5. The van der Waals surface area contributed by atoms with E-state index in [1.54, 1.807) is 20.8 Å². The number of esters is 2. The van der Waals surface area contributed by atoms with Gasteiger partial charge in [-0.15, -0.1) is 0 Å². The van der Waals surface area contributed by atoms with Crippen molar-refractivity contribution in [3.8, 4) is 0 Å². The lowest BCUT2D eigenvalue weighted by Crippen LogP contribution is -2.28. The molecule has 0 heterocycles. The second kappa shape index (κ2) is 7.56. The molecule has 1 N–H and O–H groups in total. The molecule has 0 radical (unpaired) electrons. The van der Waals surface area contributed by atoms with Crippen molar-refractivity contribution >= 4 is 17.9 Å². The van der Waals surface area contributed by atoms with E-state index < -0.39 is 29.4 Å². The monoisotopic (exact) mass is 272 g/mol. The average Bonchev–Trinajstić information content (AvgIpc) is 2.22. The molecular formula is C13H20O6. The molecule has 0 aliphatic carbocycles. The van der Waals surface area contributed by atoms with Crippen molar-refractivity contribution in [2.24, 2.45) is 5.92 Å². The van der Waals surface area contributed by atoms with Crippen LogP contribution < -0.4 is 0 Å². The van der Waals surface area contributed by atoms with E-state index in [-0.39, 0.29) is 19.4 Å². The largest absolute Gasteiger partial charge is 0.481 e. The lowest BCUT2D eigenvalue weighted by atomic mass is 10.0. The molecule has 0 spiro atoms. The molecular weight excluding hydrogens is 252 g/mol. The number of hydrogen-bond donors (Lipinski definition) is 1. The van der Waals surface area contributed by atoms with Crippen LogP contribution in [0, 0.1) is 5.92 Å². The van der Waals surface area contributed by atoms with Crippen LogP contribution in [0.5, 0.6) is 0 Å². The third-order valence-electron chi connectivity index (χ3n) is 1.96. The quantitative estimate of drug-likeness (QED) is 0.558. The zero-order chi connectivity index (χ0) is 15.1. The van der Waals surface area contributed by atoms with Crippen LogP contribution in [0.15, 0.2) is 12.7 Å². The first-order valence-electron chi connectivity index (χ1n) is 5.87. The first-order valence-corrected chi connectivity index (χ1v) is 5.87. The highest BCUT2D eigenvalue weighted by molar-refractivity contribution is 5.83. The second-order valence-electron chi connectivity index (χ2n) is 5.00. The Balaban J connectivity index is 4.42. The van der Waals surface area contributed by atoms with Gasteiger partial charge >= 0.3 is 17.9 Å². The van der Waals surface area contributed by atoms with Crippen molar-refractivity contribution in [1.82, 2.24) is 0 Å². The summed E-state index contributed by atoms with van der Waals surface area (Å²) in [4.78, 5) is 33.8. The van der Waals surface area contributed by atoms with Crippen LogP contribution >= 0.6 is 0 Å². The van der Waals surface area contributed by atoms with Crippen molar-refractivity contribution in [2.75, 3.05) is 6.61 Å². The van der Waals surface area contributed by atoms with E-state index in [1.807, 2.05) is 0 Å². The molecule has 0 aromatic rings. The Bertz CT molecular complexity index is 353. The van der Waals surface area contributed by atoms with Crippen LogP contribution in [0.4, 0.5) is 0 Å². The van der Waals surface area contributed by atoms with Crippen LogP contribution in [0.25, 0.3) is 0 Å². The summed E-state index contributed by atoms with van der Waals surface area (Å²) in [5.74, 6) is -3.72. The number of hydrogen-bond acceptors (Lipinski definition) is 5. The van der Waals surface area contributed by atoms with E-state index in [0.29, 0.717) is 0 Å². The third-order valence-corrected chi connectivity index (χ3v) is 1.96. The van der Waals surface area contributed by atoms with Gasteiger partial charge < -0.3 is 14.6 Å². The van der Waals surface area contributed by atoms with Crippen LogP contribution in [0.3, 0.4) is 0 Å². The van der Waals surface area contributed by atoms with E-state index in [9.17, 15) is 14.4 Å². The smallest absolute Gasteiger partial charge is 0.307 e. The van der Waals surface area contributed by atoms with Crippen molar-refractivity contribution in [1.29, 1.82) is 0 Å². The summed E-state index contributed by atoms with van der Waals surface area (Å²) in [5, 5.41) is 8.96. The second-order valence-corrected chi connectivity index (χ2v) is 5.00. The highest BCUT2D eigenvalue weighted by Crippen LogP contribution is 2.15. The molecule has 0 saturated carbocycles. The zero-order valence-corrected chi connectivity index (χ0v) is 11.5. The average molecular weight is 272 g/mol. The Morgan fingerprint density at radius 3 is 2.16 bits per heavy atom. The van der Waals surface area contributed by atoms with Gasteiger partial charge in [0.15, 0.2) is 0 Å². The van der Waals surface area contributed by atoms with Crippen molar-refractivity contribution in [3.05, 3.63) is 12.7 Å². The Morgan fingerprint density at radius 2 is 1.74 bits per heavy atom. The molecule has 0 aromatic carbocycles. The third kappa shape index (κ3) is 8.82. The minimum Gasteiger partial charge on any atom is -0.481 e. The summed E-state index contributed by atoms with van der Waals surface area (Å²) in [6.07, 6.45) is 0.639. The number of ether oxygens (including phenoxy) is 2. The van der Waals surface area contributed by atoms with Gasteiger partial charge in [0.05, 0.1) is 18.8 Å². The molecule has 0 unspecified atom stereocenters. The lowest BCUT2D eigenvalue weighted by Gasteiger charge is -2.20. The molecule has 0 saturated heterocycles. The molecule has 108 valence electrons. The van der Waals surface area contributed by atoms with Crippen LogP contribution in [-0.4, -0.2) is 35.2 Å². The summed E-state index contributed by atoms with van der Waals surface area (Å²) in [7, 11) is 0. The topological polar surface area (TPSA) is 89.9 Å². The fourth-order valence-corrected chi connectivity index (χ4v) is 1.24. The predicted molar refractivity (Wildman–Crippen MR) is 67.4 cm³/mol. The number of carboxylic acid groups (broad SMARTS) is 1. The Hall–Kier alpha value is -1.85. The first kappa shape index (κ1) is 17.2. The summed E-state index contributed by atoms with van der Waals surface area (Å²) in [6, 6.07) is 0. The fraction of sp³-hybridized carbons (Fsp3) is 0.615. The van der Waals surface area contributed by atoms with E-state index in [1.165, 1.54) is 6.08 Å². The normalized spacial score (nSPS) is 12.4. The first-order chi connectivity index (χ1) is 8.65. The molecule has 0 fully saturated rings. The van der Waals surface area contributed by atoms with Gasteiger partial charge in [-0.3, -0.25) is 14.4 Å². The molecule has 1 atom stereocenters. The molecule has 0 rings (SSSR count). The fourth-order valence-electron chi connectivity index (χ4n) is 1.24. The Labute approximate surface area is 112 Å². The number of aliphatic carboxylic acids is 1. The summed E-state index contributed by atoms with van der Waals surface area (Å²) in [6.45, 7) is 8.42.